The summed E-state index contributed by atoms with van der Waals surface area (Å²) in [4.78, 5) is 7.53. The van der Waals surface area contributed by atoms with Crippen molar-refractivity contribution in [1.82, 2.24) is 10.6 Å². The SMILES string of the molecule is C.CN=C(C)N.CN=C1NCCCN1. The van der Waals surface area contributed by atoms with Gasteiger partial charge in [0.05, 0.1) is 5.84 Å². The summed E-state index contributed by atoms with van der Waals surface area (Å²) in [6.07, 6.45) is 1.19. The molecule has 1 heterocycles. The van der Waals surface area contributed by atoms with E-state index >= 15 is 0 Å². The zero-order chi connectivity index (χ0) is 10.1. The number of hydrogen-bond donors (Lipinski definition) is 3. The third kappa shape index (κ3) is 8.83. The van der Waals surface area contributed by atoms with Crippen LogP contribution in [-0.2, 0) is 0 Å². The van der Waals surface area contributed by atoms with Crippen LogP contribution in [0.2, 0.25) is 0 Å². The predicted octanol–water partition coefficient (Wildman–Crippen LogP) is 0.185. The lowest BCUT2D eigenvalue weighted by molar-refractivity contribution is 0.667. The Kier molecular flexibility index (Phi) is 10.7. The van der Waals surface area contributed by atoms with E-state index in [4.69, 9.17) is 5.73 Å². The molecule has 0 saturated carbocycles. The second-order valence-corrected chi connectivity index (χ2v) is 2.64. The molecule has 1 rings (SSSR count). The third-order valence-corrected chi connectivity index (χ3v) is 1.51. The molecule has 1 aliphatic heterocycles. The fourth-order valence-electron chi connectivity index (χ4n) is 0.723. The summed E-state index contributed by atoms with van der Waals surface area (Å²) in [5, 5.41) is 6.22. The van der Waals surface area contributed by atoms with E-state index in [0.29, 0.717) is 5.84 Å². The Morgan fingerprint density at radius 3 is 1.93 bits per heavy atom. The summed E-state index contributed by atoms with van der Waals surface area (Å²) < 4.78 is 0. The molecule has 0 bridgehead atoms. The summed E-state index contributed by atoms with van der Waals surface area (Å²) in [6.45, 7) is 3.86. The van der Waals surface area contributed by atoms with Crippen molar-refractivity contribution >= 4 is 11.8 Å². The van der Waals surface area contributed by atoms with Gasteiger partial charge in [0.25, 0.3) is 0 Å². The Balaban J connectivity index is 0. The second kappa shape index (κ2) is 9.83. The van der Waals surface area contributed by atoms with Gasteiger partial charge >= 0.3 is 0 Å². The smallest absolute Gasteiger partial charge is 0.190 e. The van der Waals surface area contributed by atoms with Crippen LogP contribution in [-0.4, -0.2) is 39.0 Å². The lowest BCUT2D eigenvalue weighted by atomic mass is 10.4. The van der Waals surface area contributed by atoms with Gasteiger partial charge in [0.15, 0.2) is 5.96 Å². The molecule has 0 aromatic rings. The van der Waals surface area contributed by atoms with Gasteiger partial charge in [-0.25, -0.2) is 0 Å². The van der Waals surface area contributed by atoms with Crippen molar-refractivity contribution in [3.63, 3.8) is 0 Å². The number of nitrogens with zero attached hydrogens (tertiary/aromatic N) is 2. The van der Waals surface area contributed by atoms with Crippen LogP contribution in [0.1, 0.15) is 20.8 Å². The molecule has 0 atom stereocenters. The Hall–Kier alpha value is -1.26. The van der Waals surface area contributed by atoms with Crippen molar-refractivity contribution < 1.29 is 0 Å². The highest BCUT2D eigenvalue weighted by Gasteiger charge is 1.99. The van der Waals surface area contributed by atoms with Crippen LogP contribution >= 0.6 is 0 Å². The standard InChI is InChI=1S/C5H11N3.C3H8N2.CH4/c1-6-5-7-3-2-4-8-5;1-3(4)5-2;/h2-4H2,1H3,(H2,6,7,8);1-2H3,(H2,4,5);1H4. The molecule has 0 aromatic carbocycles. The van der Waals surface area contributed by atoms with Gasteiger partial charge < -0.3 is 16.4 Å². The third-order valence-electron chi connectivity index (χ3n) is 1.51. The Morgan fingerprint density at radius 2 is 1.71 bits per heavy atom. The number of amidine groups is 1. The predicted molar refractivity (Wildman–Crippen MR) is 63.9 cm³/mol. The van der Waals surface area contributed by atoms with E-state index in [-0.39, 0.29) is 7.43 Å². The van der Waals surface area contributed by atoms with Crippen molar-refractivity contribution in [3.8, 4) is 0 Å². The lowest BCUT2D eigenvalue weighted by Crippen LogP contribution is -2.43. The molecule has 4 N–H and O–H groups in total. The summed E-state index contributed by atoms with van der Waals surface area (Å²) in [5.74, 6) is 1.56. The van der Waals surface area contributed by atoms with Crippen LogP contribution in [0.25, 0.3) is 0 Å². The lowest BCUT2D eigenvalue weighted by Gasteiger charge is -2.16. The van der Waals surface area contributed by atoms with E-state index in [1.807, 2.05) is 0 Å². The molecule has 1 aliphatic rings. The largest absolute Gasteiger partial charge is 0.388 e. The monoisotopic (exact) mass is 201 g/mol. The number of guanidine groups is 1. The summed E-state index contributed by atoms with van der Waals surface area (Å²) in [7, 11) is 3.44. The number of hydrogen-bond acceptors (Lipinski definition) is 2. The molecule has 0 aromatic heterocycles. The van der Waals surface area contributed by atoms with Crippen LogP contribution in [0.3, 0.4) is 0 Å². The number of nitrogens with two attached hydrogens (primary N) is 1. The number of nitrogens with one attached hydrogen (secondary N) is 2. The minimum Gasteiger partial charge on any atom is -0.388 e. The van der Waals surface area contributed by atoms with Crippen molar-refractivity contribution in [2.45, 2.75) is 20.8 Å². The summed E-state index contributed by atoms with van der Waals surface area (Å²) in [6, 6.07) is 0. The fourth-order valence-corrected chi connectivity index (χ4v) is 0.723. The molecule has 0 spiro atoms. The van der Waals surface area contributed by atoms with Gasteiger partial charge in [0.2, 0.25) is 0 Å². The van der Waals surface area contributed by atoms with Gasteiger partial charge in [-0.3, -0.25) is 9.98 Å². The molecular weight excluding hydrogens is 178 g/mol. The quantitative estimate of drug-likeness (QED) is 0.387. The van der Waals surface area contributed by atoms with Crippen LogP contribution in [0, 0.1) is 0 Å². The zero-order valence-corrected chi connectivity index (χ0v) is 8.59. The minimum absolute atomic E-state index is 0. The molecule has 1 fully saturated rings. The zero-order valence-electron chi connectivity index (χ0n) is 8.59. The average Bonchev–Trinajstić information content (AvgIpc) is 2.20. The van der Waals surface area contributed by atoms with Gasteiger partial charge in [-0.2, -0.15) is 0 Å². The number of rotatable bonds is 0. The first-order chi connectivity index (χ1) is 6.20. The maximum Gasteiger partial charge on any atom is 0.190 e. The van der Waals surface area contributed by atoms with E-state index in [0.717, 1.165) is 19.0 Å². The molecule has 1 saturated heterocycles. The van der Waals surface area contributed by atoms with E-state index in [1.165, 1.54) is 6.42 Å². The number of aliphatic imine (C=N–C) groups is 2. The topological polar surface area (TPSA) is 74.8 Å². The normalized spacial score (nSPS) is 15.1. The van der Waals surface area contributed by atoms with Gasteiger partial charge in [-0.1, -0.05) is 7.43 Å². The van der Waals surface area contributed by atoms with E-state index in [9.17, 15) is 0 Å². The van der Waals surface area contributed by atoms with Gasteiger partial charge in [-0.15, -0.1) is 0 Å². The molecule has 0 radical (unpaired) electrons. The van der Waals surface area contributed by atoms with Crippen molar-refractivity contribution in [1.29, 1.82) is 0 Å². The van der Waals surface area contributed by atoms with Gasteiger partial charge in [-0.05, 0) is 13.3 Å². The van der Waals surface area contributed by atoms with Crippen molar-refractivity contribution in [2.75, 3.05) is 27.2 Å². The molecule has 5 heteroatoms. The van der Waals surface area contributed by atoms with Crippen molar-refractivity contribution in [2.24, 2.45) is 15.7 Å². The maximum atomic E-state index is 5.04. The first-order valence-electron chi connectivity index (χ1n) is 4.34. The minimum atomic E-state index is 0. The fraction of sp³-hybridized carbons (Fsp3) is 0.778. The van der Waals surface area contributed by atoms with E-state index in [2.05, 4.69) is 20.6 Å². The Bertz CT molecular complexity index is 174. The van der Waals surface area contributed by atoms with Crippen LogP contribution in [0.5, 0.6) is 0 Å². The summed E-state index contributed by atoms with van der Waals surface area (Å²) >= 11 is 0. The second-order valence-electron chi connectivity index (χ2n) is 2.64. The van der Waals surface area contributed by atoms with Crippen molar-refractivity contribution in [3.05, 3.63) is 0 Å². The average molecular weight is 201 g/mol. The highest BCUT2D eigenvalue weighted by Crippen LogP contribution is 1.80. The van der Waals surface area contributed by atoms with Gasteiger partial charge in [0, 0.05) is 27.2 Å². The Morgan fingerprint density at radius 1 is 1.29 bits per heavy atom. The molecule has 0 unspecified atom stereocenters. The highest BCUT2D eigenvalue weighted by atomic mass is 15.2. The molecule has 0 aliphatic carbocycles. The summed E-state index contributed by atoms with van der Waals surface area (Å²) in [5.41, 5.74) is 5.04. The molecular formula is C9H23N5. The molecule has 5 nitrogen and oxygen atoms in total. The molecule has 84 valence electrons. The maximum absolute atomic E-state index is 5.04. The first kappa shape index (κ1) is 15.2. The van der Waals surface area contributed by atoms with E-state index in [1.54, 1.807) is 21.0 Å². The van der Waals surface area contributed by atoms with Crippen LogP contribution in [0.4, 0.5) is 0 Å². The first-order valence-corrected chi connectivity index (χ1v) is 4.34. The van der Waals surface area contributed by atoms with Crippen LogP contribution in [0.15, 0.2) is 9.98 Å². The molecule has 0 amide bonds. The van der Waals surface area contributed by atoms with Gasteiger partial charge in [0.1, 0.15) is 0 Å². The Labute approximate surface area is 86.9 Å². The van der Waals surface area contributed by atoms with Crippen LogP contribution < -0.4 is 16.4 Å². The van der Waals surface area contributed by atoms with E-state index < -0.39 is 0 Å². The molecule has 14 heavy (non-hydrogen) atoms. The highest BCUT2D eigenvalue weighted by molar-refractivity contribution is 5.80.